The van der Waals surface area contributed by atoms with Crippen LogP contribution in [0.4, 0.5) is 0 Å². The van der Waals surface area contributed by atoms with Gasteiger partial charge in [0.15, 0.2) is 0 Å². The molecule has 1 atom stereocenters. The van der Waals surface area contributed by atoms with Crippen molar-refractivity contribution in [2.24, 2.45) is 5.92 Å². The van der Waals surface area contributed by atoms with Gasteiger partial charge in [0.2, 0.25) is 5.91 Å². The Kier molecular flexibility index (Phi) is 5.66. The zero-order valence-electron chi connectivity index (χ0n) is 9.90. The van der Waals surface area contributed by atoms with Crippen molar-refractivity contribution in [1.82, 2.24) is 4.90 Å². The highest BCUT2D eigenvalue weighted by Gasteiger charge is 2.25. The lowest BCUT2D eigenvalue weighted by atomic mass is 10.1. The minimum Gasteiger partial charge on any atom is -0.466 e. The van der Waals surface area contributed by atoms with E-state index >= 15 is 0 Å². The van der Waals surface area contributed by atoms with Gasteiger partial charge >= 0.3 is 5.97 Å². The quantitative estimate of drug-likeness (QED) is 0.682. The molecule has 1 aliphatic heterocycles. The Morgan fingerprint density at radius 2 is 2.25 bits per heavy atom. The van der Waals surface area contributed by atoms with Gasteiger partial charge < -0.3 is 9.64 Å². The highest BCUT2D eigenvalue weighted by Crippen LogP contribution is 2.24. The second-order valence-corrected chi connectivity index (χ2v) is 5.03. The molecule has 0 N–H and O–H groups in total. The first-order valence-corrected chi connectivity index (χ1v) is 6.79. The Bertz CT molecular complexity index is 252. The van der Waals surface area contributed by atoms with Gasteiger partial charge in [0.25, 0.3) is 0 Å². The fourth-order valence-corrected chi connectivity index (χ4v) is 2.85. The molecule has 0 saturated carbocycles. The molecular weight excluding hydrogens is 226 g/mol. The number of hydrogen-bond acceptors (Lipinski definition) is 4. The molecule has 0 bridgehead atoms. The third-order valence-electron chi connectivity index (χ3n) is 2.61. The standard InChI is InChI=1S/C11H19NO3S/c1-3-15-10(13)4-6-12(2)11(14)9-5-7-16-8-9/h9H,3-8H2,1-2H3. The maximum absolute atomic E-state index is 11.9. The molecule has 0 spiro atoms. The molecule has 0 radical (unpaired) electrons. The minimum atomic E-state index is -0.233. The fourth-order valence-electron chi connectivity index (χ4n) is 1.64. The van der Waals surface area contributed by atoms with E-state index in [1.807, 2.05) is 11.8 Å². The van der Waals surface area contributed by atoms with E-state index in [2.05, 4.69) is 0 Å². The van der Waals surface area contributed by atoms with Gasteiger partial charge in [-0.05, 0) is 19.1 Å². The largest absolute Gasteiger partial charge is 0.466 e. The van der Waals surface area contributed by atoms with Crippen molar-refractivity contribution in [2.45, 2.75) is 19.8 Å². The molecule has 92 valence electrons. The zero-order valence-corrected chi connectivity index (χ0v) is 10.7. The van der Waals surface area contributed by atoms with Gasteiger partial charge in [-0.2, -0.15) is 11.8 Å². The summed E-state index contributed by atoms with van der Waals surface area (Å²) >= 11 is 1.82. The van der Waals surface area contributed by atoms with E-state index in [1.165, 1.54) is 0 Å². The summed E-state index contributed by atoms with van der Waals surface area (Å²) in [5, 5.41) is 0. The summed E-state index contributed by atoms with van der Waals surface area (Å²) in [5.74, 6) is 2.07. The summed E-state index contributed by atoms with van der Waals surface area (Å²) in [7, 11) is 1.75. The minimum absolute atomic E-state index is 0.150. The topological polar surface area (TPSA) is 46.6 Å². The molecule has 1 unspecified atom stereocenters. The van der Waals surface area contributed by atoms with Crippen LogP contribution in [0.3, 0.4) is 0 Å². The van der Waals surface area contributed by atoms with Gasteiger partial charge in [-0.3, -0.25) is 9.59 Å². The van der Waals surface area contributed by atoms with Crippen molar-refractivity contribution in [3.63, 3.8) is 0 Å². The van der Waals surface area contributed by atoms with E-state index in [4.69, 9.17) is 4.74 Å². The monoisotopic (exact) mass is 245 g/mol. The van der Waals surface area contributed by atoms with Crippen molar-refractivity contribution in [3.05, 3.63) is 0 Å². The maximum Gasteiger partial charge on any atom is 0.307 e. The molecule has 1 aliphatic rings. The molecule has 4 nitrogen and oxygen atoms in total. The highest BCUT2D eigenvalue weighted by atomic mass is 32.2. The predicted molar refractivity (Wildman–Crippen MR) is 64.3 cm³/mol. The Balaban J connectivity index is 2.25. The summed E-state index contributed by atoms with van der Waals surface area (Å²) in [4.78, 5) is 24.6. The first-order chi connectivity index (χ1) is 7.65. The van der Waals surface area contributed by atoms with Crippen molar-refractivity contribution in [1.29, 1.82) is 0 Å². The number of rotatable bonds is 5. The molecule has 16 heavy (non-hydrogen) atoms. The number of amides is 1. The van der Waals surface area contributed by atoms with Crippen LogP contribution < -0.4 is 0 Å². The van der Waals surface area contributed by atoms with Gasteiger partial charge in [0, 0.05) is 25.3 Å². The average molecular weight is 245 g/mol. The first-order valence-electron chi connectivity index (χ1n) is 5.63. The van der Waals surface area contributed by atoms with Crippen LogP contribution in [0.1, 0.15) is 19.8 Å². The lowest BCUT2D eigenvalue weighted by molar-refractivity contribution is -0.144. The van der Waals surface area contributed by atoms with Gasteiger partial charge in [0.05, 0.1) is 13.0 Å². The average Bonchev–Trinajstić information content (AvgIpc) is 2.78. The number of carbonyl (C=O) groups is 2. The van der Waals surface area contributed by atoms with Crippen LogP contribution in [0.2, 0.25) is 0 Å². The van der Waals surface area contributed by atoms with E-state index < -0.39 is 0 Å². The molecule has 0 aromatic heterocycles. The molecule has 1 amide bonds. The van der Waals surface area contributed by atoms with E-state index in [0.29, 0.717) is 13.2 Å². The van der Waals surface area contributed by atoms with Gasteiger partial charge in [-0.1, -0.05) is 0 Å². The van der Waals surface area contributed by atoms with Crippen LogP contribution in [0, 0.1) is 5.92 Å². The lowest BCUT2D eigenvalue weighted by Crippen LogP contribution is -2.34. The number of hydrogen-bond donors (Lipinski definition) is 0. The lowest BCUT2D eigenvalue weighted by Gasteiger charge is -2.20. The molecule has 1 fully saturated rings. The van der Waals surface area contributed by atoms with Crippen LogP contribution in [0.5, 0.6) is 0 Å². The van der Waals surface area contributed by atoms with Crippen molar-refractivity contribution in [3.8, 4) is 0 Å². The second-order valence-electron chi connectivity index (χ2n) is 3.88. The summed E-state index contributed by atoms with van der Waals surface area (Å²) in [6, 6.07) is 0. The molecule has 5 heteroatoms. The summed E-state index contributed by atoms with van der Waals surface area (Å²) in [6.07, 6.45) is 1.25. The molecule has 1 heterocycles. The normalized spacial score (nSPS) is 19.5. The number of ether oxygens (including phenoxy) is 1. The molecule has 0 aromatic rings. The number of carbonyl (C=O) groups excluding carboxylic acids is 2. The maximum atomic E-state index is 11.9. The molecule has 1 saturated heterocycles. The summed E-state index contributed by atoms with van der Waals surface area (Å²) in [6.45, 7) is 2.64. The van der Waals surface area contributed by atoms with E-state index in [0.717, 1.165) is 17.9 Å². The number of thioether (sulfide) groups is 1. The van der Waals surface area contributed by atoms with Crippen molar-refractivity contribution < 1.29 is 14.3 Å². The van der Waals surface area contributed by atoms with Crippen molar-refractivity contribution >= 4 is 23.6 Å². The molecule has 1 rings (SSSR count). The Labute approximate surface area is 101 Å². The molecular formula is C11H19NO3S. The number of esters is 1. The highest BCUT2D eigenvalue weighted by molar-refractivity contribution is 7.99. The third-order valence-corrected chi connectivity index (χ3v) is 3.77. The Morgan fingerprint density at radius 3 is 2.81 bits per heavy atom. The summed E-state index contributed by atoms with van der Waals surface area (Å²) in [5.41, 5.74) is 0. The van der Waals surface area contributed by atoms with Crippen LogP contribution in [0.25, 0.3) is 0 Å². The van der Waals surface area contributed by atoms with E-state index in [9.17, 15) is 9.59 Å². The van der Waals surface area contributed by atoms with Gasteiger partial charge in [-0.25, -0.2) is 0 Å². The third kappa shape index (κ3) is 4.04. The van der Waals surface area contributed by atoms with Gasteiger partial charge in [0.1, 0.15) is 0 Å². The Morgan fingerprint density at radius 1 is 1.50 bits per heavy atom. The molecule has 0 aliphatic carbocycles. The van der Waals surface area contributed by atoms with Crippen molar-refractivity contribution in [2.75, 3.05) is 31.7 Å². The van der Waals surface area contributed by atoms with E-state index in [-0.39, 0.29) is 24.2 Å². The van der Waals surface area contributed by atoms with E-state index in [1.54, 1.807) is 18.9 Å². The van der Waals surface area contributed by atoms with Crippen LogP contribution in [-0.2, 0) is 14.3 Å². The first kappa shape index (κ1) is 13.4. The predicted octanol–water partition coefficient (Wildman–Crippen LogP) is 1.15. The fraction of sp³-hybridized carbons (Fsp3) is 0.818. The second kappa shape index (κ2) is 6.78. The smallest absolute Gasteiger partial charge is 0.307 e. The Hall–Kier alpha value is -0.710. The molecule has 0 aromatic carbocycles. The van der Waals surface area contributed by atoms with Crippen LogP contribution in [-0.4, -0.2) is 48.5 Å². The summed E-state index contributed by atoms with van der Waals surface area (Å²) < 4.78 is 4.82. The van der Waals surface area contributed by atoms with Gasteiger partial charge in [-0.15, -0.1) is 0 Å². The number of nitrogens with zero attached hydrogens (tertiary/aromatic N) is 1. The van der Waals surface area contributed by atoms with Crippen LogP contribution in [0.15, 0.2) is 0 Å². The zero-order chi connectivity index (χ0) is 12.0. The SMILES string of the molecule is CCOC(=O)CCN(C)C(=O)C1CCSC1. The van der Waals surface area contributed by atoms with Crippen LogP contribution >= 0.6 is 11.8 Å².